The fourth-order valence-electron chi connectivity index (χ4n) is 3.09. The van der Waals surface area contributed by atoms with Crippen LogP contribution in [0.2, 0.25) is 0 Å². The van der Waals surface area contributed by atoms with Gasteiger partial charge in [-0.05, 0) is 37.3 Å². The lowest BCUT2D eigenvalue weighted by Crippen LogP contribution is -2.24. The first kappa shape index (κ1) is 23.8. The Labute approximate surface area is 202 Å². The van der Waals surface area contributed by atoms with Crippen molar-refractivity contribution in [2.45, 2.75) is 6.92 Å². The Balaban J connectivity index is 1.34. The number of rotatable bonds is 9. The monoisotopic (exact) mass is 497 g/mol. The van der Waals surface area contributed by atoms with Gasteiger partial charge in [0.2, 0.25) is 0 Å². The molecule has 35 heavy (non-hydrogen) atoms. The second-order valence-electron chi connectivity index (χ2n) is 7.00. The summed E-state index contributed by atoms with van der Waals surface area (Å²) in [5.41, 5.74) is 0.432. The van der Waals surface area contributed by atoms with E-state index in [1.807, 2.05) is 0 Å². The molecule has 10 nitrogen and oxygen atoms in total. The topological polar surface area (TPSA) is 134 Å². The van der Waals surface area contributed by atoms with Crippen molar-refractivity contribution in [2.24, 2.45) is 0 Å². The molecule has 0 aliphatic heterocycles. The minimum atomic E-state index is -0.789. The standard InChI is InChI=1S/C24H19NO9S/c1-2-30-24(29)22-16(17-4-3-9-31-17)13-35-23(22)25-19(26)11-33-21(28)12-32-15-7-5-14-6-8-20(27)34-18(14)10-15/h3-10,13H,2,11-12H2,1H3,(H,25,26). The predicted octanol–water partition coefficient (Wildman–Crippen LogP) is 3.85. The maximum Gasteiger partial charge on any atom is 0.344 e. The number of carbonyl (C=O) groups is 3. The highest BCUT2D eigenvalue weighted by atomic mass is 32.1. The Morgan fingerprint density at radius 2 is 1.89 bits per heavy atom. The molecule has 4 aromatic rings. The number of thiophene rings is 1. The van der Waals surface area contributed by atoms with Gasteiger partial charge < -0.3 is 28.4 Å². The molecule has 180 valence electrons. The molecule has 0 unspecified atom stereocenters. The zero-order valence-electron chi connectivity index (χ0n) is 18.4. The van der Waals surface area contributed by atoms with Crippen molar-refractivity contribution in [3.8, 4) is 17.1 Å². The van der Waals surface area contributed by atoms with Gasteiger partial charge >= 0.3 is 17.6 Å². The fourth-order valence-corrected chi connectivity index (χ4v) is 4.05. The molecule has 0 saturated carbocycles. The molecular formula is C24H19NO9S. The summed E-state index contributed by atoms with van der Waals surface area (Å²) in [5, 5.41) is 5.16. The van der Waals surface area contributed by atoms with Gasteiger partial charge in [-0.2, -0.15) is 0 Å². The maximum atomic E-state index is 12.5. The second kappa shape index (κ2) is 10.7. The molecule has 1 N–H and O–H groups in total. The molecule has 0 atom stereocenters. The van der Waals surface area contributed by atoms with Crippen LogP contribution in [0.25, 0.3) is 22.3 Å². The first-order chi connectivity index (χ1) is 16.9. The minimum Gasteiger partial charge on any atom is -0.482 e. The van der Waals surface area contributed by atoms with Crippen molar-refractivity contribution in [3.63, 3.8) is 0 Å². The van der Waals surface area contributed by atoms with Crippen LogP contribution in [0, 0.1) is 0 Å². The Morgan fingerprint density at radius 3 is 2.66 bits per heavy atom. The van der Waals surface area contributed by atoms with Crippen LogP contribution in [0.1, 0.15) is 17.3 Å². The molecule has 0 aliphatic carbocycles. The van der Waals surface area contributed by atoms with Gasteiger partial charge in [0, 0.05) is 28.5 Å². The highest BCUT2D eigenvalue weighted by molar-refractivity contribution is 7.15. The van der Waals surface area contributed by atoms with E-state index in [0.717, 1.165) is 11.3 Å². The number of furan rings is 1. The van der Waals surface area contributed by atoms with E-state index >= 15 is 0 Å². The third kappa shape index (κ3) is 5.76. The van der Waals surface area contributed by atoms with E-state index in [0.29, 0.717) is 22.3 Å². The van der Waals surface area contributed by atoms with Crippen LogP contribution in [0.5, 0.6) is 5.75 Å². The lowest BCUT2D eigenvalue weighted by Gasteiger charge is -2.09. The summed E-state index contributed by atoms with van der Waals surface area (Å²) >= 11 is 1.11. The van der Waals surface area contributed by atoms with E-state index in [1.165, 1.54) is 18.4 Å². The largest absolute Gasteiger partial charge is 0.482 e. The van der Waals surface area contributed by atoms with Gasteiger partial charge in [0.05, 0.1) is 12.9 Å². The molecule has 4 rings (SSSR count). The Hall–Kier alpha value is -4.38. The molecule has 3 aromatic heterocycles. The van der Waals surface area contributed by atoms with Gasteiger partial charge in [0.25, 0.3) is 5.91 Å². The third-order valence-electron chi connectivity index (χ3n) is 4.63. The number of amides is 1. The van der Waals surface area contributed by atoms with Crippen molar-refractivity contribution in [1.29, 1.82) is 0 Å². The van der Waals surface area contributed by atoms with Gasteiger partial charge in [0.15, 0.2) is 13.2 Å². The van der Waals surface area contributed by atoms with Crippen LogP contribution in [0.4, 0.5) is 5.00 Å². The van der Waals surface area contributed by atoms with Gasteiger partial charge in [-0.3, -0.25) is 4.79 Å². The first-order valence-corrected chi connectivity index (χ1v) is 11.3. The number of hydrogen-bond donors (Lipinski definition) is 1. The number of nitrogens with one attached hydrogen (secondary N) is 1. The van der Waals surface area contributed by atoms with Crippen LogP contribution < -0.4 is 15.7 Å². The Bertz CT molecular complexity index is 1420. The van der Waals surface area contributed by atoms with E-state index in [1.54, 1.807) is 42.6 Å². The molecule has 1 aromatic carbocycles. The Morgan fingerprint density at radius 1 is 1.06 bits per heavy atom. The highest BCUT2D eigenvalue weighted by Gasteiger charge is 2.24. The summed E-state index contributed by atoms with van der Waals surface area (Å²) in [5.74, 6) is -1.32. The maximum absolute atomic E-state index is 12.5. The summed E-state index contributed by atoms with van der Waals surface area (Å²) in [4.78, 5) is 48.2. The summed E-state index contributed by atoms with van der Waals surface area (Å²) in [6.45, 7) is 0.765. The molecule has 11 heteroatoms. The zero-order valence-corrected chi connectivity index (χ0v) is 19.2. The van der Waals surface area contributed by atoms with Gasteiger partial charge in [0.1, 0.15) is 27.7 Å². The molecule has 0 spiro atoms. The number of hydrogen-bond acceptors (Lipinski definition) is 10. The highest BCUT2D eigenvalue weighted by Crippen LogP contribution is 2.36. The van der Waals surface area contributed by atoms with E-state index in [-0.39, 0.29) is 22.9 Å². The van der Waals surface area contributed by atoms with Gasteiger partial charge in [-0.1, -0.05) is 0 Å². The Kier molecular flexibility index (Phi) is 7.27. The number of anilines is 1. The molecule has 0 bridgehead atoms. The van der Waals surface area contributed by atoms with Crippen molar-refractivity contribution >= 4 is 45.2 Å². The summed E-state index contributed by atoms with van der Waals surface area (Å²) < 4.78 is 25.8. The predicted molar refractivity (Wildman–Crippen MR) is 126 cm³/mol. The van der Waals surface area contributed by atoms with E-state index < -0.39 is 36.7 Å². The summed E-state index contributed by atoms with van der Waals surface area (Å²) in [6.07, 6.45) is 1.47. The lowest BCUT2D eigenvalue weighted by atomic mass is 10.1. The zero-order chi connectivity index (χ0) is 24.8. The second-order valence-corrected chi connectivity index (χ2v) is 7.88. The molecular weight excluding hydrogens is 478 g/mol. The van der Waals surface area contributed by atoms with Gasteiger partial charge in [-0.25, -0.2) is 14.4 Å². The number of ether oxygens (including phenoxy) is 3. The average molecular weight is 497 g/mol. The smallest absolute Gasteiger partial charge is 0.344 e. The molecule has 0 saturated heterocycles. The SMILES string of the molecule is CCOC(=O)c1c(-c2ccco2)csc1NC(=O)COC(=O)COc1ccc2ccc(=O)oc2c1. The van der Waals surface area contributed by atoms with Crippen molar-refractivity contribution < 1.29 is 37.4 Å². The van der Waals surface area contributed by atoms with Crippen LogP contribution >= 0.6 is 11.3 Å². The molecule has 0 fully saturated rings. The van der Waals surface area contributed by atoms with Crippen molar-refractivity contribution in [1.82, 2.24) is 0 Å². The minimum absolute atomic E-state index is 0.151. The number of carbonyl (C=O) groups excluding carboxylic acids is 3. The molecule has 3 heterocycles. The summed E-state index contributed by atoms with van der Waals surface area (Å²) in [6, 6.07) is 11.0. The lowest BCUT2D eigenvalue weighted by molar-refractivity contribution is -0.149. The number of esters is 2. The van der Waals surface area contributed by atoms with Crippen LogP contribution in [0.15, 0.2) is 67.7 Å². The van der Waals surface area contributed by atoms with Crippen LogP contribution in [0.3, 0.4) is 0 Å². The number of benzene rings is 1. The van der Waals surface area contributed by atoms with E-state index in [2.05, 4.69) is 5.32 Å². The van der Waals surface area contributed by atoms with Crippen molar-refractivity contribution in [3.05, 3.63) is 70.1 Å². The van der Waals surface area contributed by atoms with Gasteiger partial charge in [-0.15, -0.1) is 11.3 Å². The number of fused-ring (bicyclic) bond motifs is 1. The molecule has 1 amide bonds. The normalized spacial score (nSPS) is 10.7. The van der Waals surface area contributed by atoms with Crippen LogP contribution in [-0.2, 0) is 19.1 Å². The average Bonchev–Trinajstić information content (AvgIpc) is 3.51. The molecule has 0 radical (unpaired) electrons. The molecule has 0 aliphatic rings. The first-order valence-electron chi connectivity index (χ1n) is 10.4. The van der Waals surface area contributed by atoms with E-state index in [4.69, 9.17) is 23.0 Å². The quantitative estimate of drug-likeness (QED) is 0.270. The third-order valence-corrected chi connectivity index (χ3v) is 5.52. The van der Waals surface area contributed by atoms with E-state index in [9.17, 15) is 19.2 Å². The van der Waals surface area contributed by atoms with Crippen LogP contribution in [-0.4, -0.2) is 37.7 Å². The van der Waals surface area contributed by atoms with Crippen molar-refractivity contribution in [2.75, 3.05) is 25.1 Å². The summed E-state index contributed by atoms with van der Waals surface area (Å²) in [7, 11) is 0. The fraction of sp³-hybridized carbons (Fsp3) is 0.167.